The van der Waals surface area contributed by atoms with E-state index in [4.69, 9.17) is 4.74 Å². The van der Waals surface area contributed by atoms with Gasteiger partial charge in [-0.05, 0) is 36.8 Å². The highest BCUT2D eigenvalue weighted by Gasteiger charge is 2.29. The zero-order valence-electron chi connectivity index (χ0n) is 15.7. The monoisotopic (exact) mass is 383 g/mol. The zero-order valence-corrected chi connectivity index (χ0v) is 15.7. The fourth-order valence-electron chi connectivity index (χ4n) is 3.67. The van der Waals surface area contributed by atoms with Crippen LogP contribution in [0.4, 0.5) is 15.8 Å². The second-order valence-corrected chi connectivity index (χ2v) is 7.12. The predicted octanol–water partition coefficient (Wildman–Crippen LogP) is 2.21. The lowest BCUT2D eigenvalue weighted by Crippen LogP contribution is -2.52. The van der Waals surface area contributed by atoms with E-state index in [2.05, 4.69) is 0 Å². The smallest absolute Gasteiger partial charge is 0.331 e. The molecule has 0 saturated carbocycles. The van der Waals surface area contributed by atoms with Crippen LogP contribution < -0.4 is 14.5 Å². The molecule has 0 aliphatic carbocycles. The Morgan fingerprint density at radius 3 is 2.57 bits per heavy atom. The molecule has 1 saturated heterocycles. The highest BCUT2D eigenvalue weighted by molar-refractivity contribution is 5.89. The van der Waals surface area contributed by atoms with Crippen LogP contribution in [0.1, 0.15) is 5.56 Å². The second-order valence-electron chi connectivity index (χ2n) is 7.12. The highest BCUT2D eigenvalue weighted by Crippen LogP contribution is 2.32. The summed E-state index contributed by atoms with van der Waals surface area (Å²) >= 11 is 0. The van der Waals surface area contributed by atoms with Crippen molar-refractivity contribution in [3.8, 4) is 5.75 Å². The number of piperazine rings is 1. The van der Waals surface area contributed by atoms with E-state index in [-0.39, 0.29) is 30.8 Å². The first-order valence-electron chi connectivity index (χ1n) is 9.35. The molecular weight excluding hydrogens is 361 g/mol. The molecule has 0 atom stereocenters. The van der Waals surface area contributed by atoms with Gasteiger partial charge in [0.1, 0.15) is 12.4 Å². The van der Waals surface area contributed by atoms with E-state index < -0.39 is 0 Å². The molecule has 6 nitrogen and oxygen atoms in total. The Labute approximate surface area is 163 Å². The summed E-state index contributed by atoms with van der Waals surface area (Å²) in [4.78, 5) is 30.2. The predicted molar refractivity (Wildman–Crippen MR) is 104 cm³/mol. The van der Waals surface area contributed by atoms with Gasteiger partial charge < -0.3 is 19.4 Å². The third-order valence-electron chi connectivity index (χ3n) is 5.15. The number of para-hydroxylation sites is 1. The number of esters is 1. The van der Waals surface area contributed by atoms with Crippen LogP contribution >= 0.6 is 0 Å². The van der Waals surface area contributed by atoms with Crippen LogP contribution in [0.15, 0.2) is 42.5 Å². The van der Waals surface area contributed by atoms with Gasteiger partial charge in [-0.25, -0.2) is 9.18 Å². The lowest BCUT2D eigenvalue weighted by Gasteiger charge is -2.37. The van der Waals surface area contributed by atoms with Gasteiger partial charge in [-0.3, -0.25) is 4.79 Å². The summed E-state index contributed by atoms with van der Waals surface area (Å²) in [5, 5.41) is 0. The van der Waals surface area contributed by atoms with Crippen LogP contribution in [0.5, 0.6) is 5.75 Å². The minimum absolute atomic E-state index is 0.0460. The number of rotatable bonds is 3. The summed E-state index contributed by atoms with van der Waals surface area (Å²) < 4.78 is 19.2. The zero-order chi connectivity index (χ0) is 19.7. The average molecular weight is 383 g/mol. The number of amides is 1. The summed E-state index contributed by atoms with van der Waals surface area (Å²) in [6, 6.07) is 12.2. The van der Waals surface area contributed by atoms with E-state index >= 15 is 0 Å². The Balaban J connectivity index is 1.41. The third kappa shape index (κ3) is 3.65. The Morgan fingerprint density at radius 1 is 1.07 bits per heavy atom. The lowest BCUT2D eigenvalue weighted by molar-refractivity contribution is -0.133. The topological polar surface area (TPSA) is 53.1 Å². The van der Waals surface area contributed by atoms with Gasteiger partial charge in [0.15, 0.2) is 5.75 Å². The number of halogens is 1. The first kappa shape index (κ1) is 18.3. The van der Waals surface area contributed by atoms with E-state index in [9.17, 15) is 14.0 Å². The molecule has 0 N–H and O–H groups in total. The molecule has 2 aliphatic rings. The van der Waals surface area contributed by atoms with Crippen molar-refractivity contribution < 1.29 is 18.7 Å². The van der Waals surface area contributed by atoms with Crippen LogP contribution in [0.25, 0.3) is 0 Å². The molecule has 0 aromatic heterocycles. The number of aryl methyl sites for hydroxylation is 1. The molecule has 2 heterocycles. The highest BCUT2D eigenvalue weighted by atomic mass is 19.1. The first-order chi connectivity index (χ1) is 13.5. The molecular formula is C21H22FN3O3. The Bertz CT molecular complexity index is 910. The van der Waals surface area contributed by atoms with Gasteiger partial charge in [-0.15, -0.1) is 0 Å². The number of carbonyl (C=O) groups excluding carboxylic acids is 2. The van der Waals surface area contributed by atoms with Gasteiger partial charge in [-0.2, -0.15) is 0 Å². The fraction of sp³-hybridized carbons (Fsp3) is 0.333. The number of anilines is 2. The first-order valence-corrected chi connectivity index (χ1v) is 9.35. The Morgan fingerprint density at radius 2 is 1.82 bits per heavy atom. The number of benzene rings is 2. The molecule has 0 radical (unpaired) electrons. The van der Waals surface area contributed by atoms with Crippen molar-refractivity contribution in [2.24, 2.45) is 0 Å². The summed E-state index contributed by atoms with van der Waals surface area (Å²) in [5.74, 6) is -0.177. The second kappa shape index (κ2) is 7.50. The van der Waals surface area contributed by atoms with Crippen molar-refractivity contribution in [1.82, 2.24) is 4.90 Å². The van der Waals surface area contributed by atoms with Gasteiger partial charge >= 0.3 is 5.97 Å². The average Bonchev–Trinajstić information content (AvgIpc) is 2.69. The van der Waals surface area contributed by atoms with E-state index in [1.807, 2.05) is 30.0 Å². The summed E-state index contributed by atoms with van der Waals surface area (Å²) in [6.07, 6.45) is 0. The van der Waals surface area contributed by atoms with Crippen molar-refractivity contribution in [2.75, 3.05) is 49.1 Å². The largest absolute Gasteiger partial charge is 0.423 e. The SMILES string of the molecule is Cc1ccc2c(c1)N(CC(=O)N1CCN(c3ccccc3F)CC1)CC(=O)O2. The quantitative estimate of drug-likeness (QED) is 0.601. The molecule has 2 aromatic carbocycles. The van der Waals surface area contributed by atoms with E-state index in [1.54, 1.807) is 28.0 Å². The van der Waals surface area contributed by atoms with Crippen molar-refractivity contribution in [1.29, 1.82) is 0 Å². The van der Waals surface area contributed by atoms with E-state index in [0.717, 1.165) is 11.3 Å². The van der Waals surface area contributed by atoms with Crippen LogP contribution in [-0.2, 0) is 9.59 Å². The molecule has 2 aliphatic heterocycles. The lowest BCUT2D eigenvalue weighted by atomic mass is 10.1. The van der Waals surface area contributed by atoms with Gasteiger partial charge in [-0.1, -0.05) is 18.2 Å². The molecule has 1 fully saturated rings. The number of fused-ring (bicyclic) bond motifs is 1. The van der Waals surface area contributed by atoms with Crippen LogP contribution in [0.2, 0.25) is 0 Å². The van der Waals surface area contributed by atoms with Crippen LogP contribution in [0.3, 0.4) is 0 Å². The van der Waals surface area contributed by atoms with Gasteiger partial charge in [0.2, 0.25) is 5.91 Å². The number of nitrogens with zero attached hydrogens (tertiary/aromatic N) is 3. The van der Waals surface area contributed by atoms with Crippen LogP contribution in [0, 0.1) is 12.7 Å². The van der Waals surface area contributed by atoms with E-state index in [1.165, 1.54) is 6.07 Å². The molecule has 1 amide bonds. The van der Waals surface area contributed by atoms with E-state index in [0.29, 0.717) is 37.6 Å². The molecule has 7 heteroatoms. The maximum absolute atomic E-state index is 14.0. The van der Waals surface area contributed by atoms with Crippen molar-refractivity contribution in [3.05, 3.63) is 53.8 Å². The normalized spacial score (nSPS) is 16.6. The Kier molecular flexibility index (Phi) is 4.90. The number of hydrogen-bond donors (Lipinski definition) is 0. The molecule has 4 rings (SSSR count). The maximum atomic E-state index is 14.0. The number of hydrogen-bond acceptors (Lipinski definition) is 5. The van der Waals surface area contributed by atoms with Crippen LogP contribution in [-0.4, -0.2) is 56.0 Å². The molecule has 28 heavy (non-hydrogen) atoms. The molecule has 0 bridgehead atoms. The minimum atomic E-state index is -0.367. The summed E-state index contributed by atoms with van der Waals surface area (Å²) in [5.41, 5.74) is 2.36. The maximum Gasteiger partial charge on any atom is 0.331 e. The minimum Gasteiger partial charge on any atom is -0.423 e. The molecule has 146 valence electrons. The van der Waals surface area contributed by atoms with Crippen molar-refractivity contribution >= 4 is 23.3 Å². The molecule has 0 spiro atoms. The van der Waals surface area contributed by atoms with Crippen molar-refractivity contribution in [3.63, 3.8) is 0 Å². The number of ether oxygens (including phenoxy) is 1. The van der Waals surface area contributed by atoms with Gasteiger partial charge in [0.25, 0.3) is 0 Å². The Hall–Kier alpha value is -3.09. The summed E-state index contributed by atoms with van der Waals surface area (Å²) in [6.45, 7) is 4.31. The molecule has 2 aromatic rings. The summed E-state index contributed by atoms with van der Waals surface area (Å²) in [7, 11) is 0. The molecule has 0 unspecified atom stereocenters. The number of carbonyl (C=O) groups is 2. The van der Waals surface area contributed by atoms with Gasteiger partial charge in [0, 0.05) is 26.2 Å². The van der Waals surface area contributed by atoms with Crippen molar-refractivity contribution in [2.45, 2.75) is 6.92 Å². The fourth-order valence-corrected chi connectivity index (χ4v) is 3.67. The third-order valence-corrected chi connectivity index (χ3v) is 5.15. The standard InChI is InChI=1S/C21H22FN3O3/c1-15-6-7-19-18(12-15)25(14-21(27)28-19)13-20(26)24-10-8-23(9-11-24)17-5-3-2-4-16(17)22/h2-7,12H,8-11,13-14H2,1H3. The van der Waals surface area contributed by atoms with Gasteiger partial charge in [0.05, 0.1) is 17.9 Å².